The van der Waals surface area contributed by atoms with Crippen molar-refractivity contribution in [3.8, 4) is 5.75 Å². The van der Waals surface area contributed by atoms with E-state index in [2.05, 4.69) is 79.7 Å². The van der Waals surface area contributed by atoms with Crippen molar-refractivity contribution in [3.63, 3.8) is 0 Å². The number of rotatable bonds is 1. The molecule has 4 rings (SSSR count). The van der Waals surface area contributed by atoms with Crippen LogP contribution in [0.25, 0.3) is 16.8 Å². The van der Waals surface area contributed by atoms with Gasteiger partial charge in [0.15, 0.2) is 0 Å². The molecule has 1 heteroatoms. The first-order valence-electron chi connectivity index (χ1n) is 7.22. The van der Waals surface area contributed by atoms with Crippen LogP contribution in [0.1, 0.15) is 18.1 Å². The maximum atomic E-state index is 6.43. The van der Waals surface area contributed by atoms with Crippen LogP contribution in [0.4, 0.5) is 0 Å². The molecule has 0 aliphatic carbocycles. The highest BCUT2D eigenvalue weighted by molar-refractivity contribution is 5.92. The molecule has 1 heterocycles. The second kappa shape index (κ2) is 4.49. The third-order valence-electron chi connectivity index (χ3n) is 4.15. The molecule has 0 radical (unpaired) electrons. The van der Waals surface area contributed by atoms with Gasteiger partial charge in [-0.25, -0.2) is 0 Å². The van der Waals surface area contributed by atoms with E-state index in [4.69, 9.17) is 4.74 Å². The summed E-state index contributed by atoms with van der Waals surface area (Å²) in [6, 6.07) is 23.0. The van der Waals surface area contributed by atoms with Gasteiger partial charge in [0, 0.05) is 10.9 Å². The molecule has 3 aromatic carbocycles. The van der Waals surface area contributed by atoms with Gasteiger partial charge in [0.25, 0.3) is 0 Å². The van der Waals surface area contributed by atoms with Crippen LogP contribution in [0.5, 0.6) is 5.75 Å². The van der Waals surface area contributed by atoms with Crippen LogP contribution in [0.2, 0.25) is 0 Å². The summed E-state index contributed by atoms with van der Waals surface area (Å²) in [6.45, 7) is 2.11. The molecule has 0 N–H and O–H groups in total. The van der Waals surface area contributed by atoms with E-state index in [1.807, 2.05) is 6.07 Å². The molecular formula is C20H16O. The molecule has 0 spiro atoms. The van der Waals surface area contributed by atoms with Gasteiger partial charge in [0.1, 0.15) is 11.4 Å². The van der Waals surface area contributed by atoms with E-state index in [0.29, 0.717) is 0 Å². The lowest BCUT2D eigenvalue weighted by Gasteiger charge is -2.32. The molecule has 1 nitrogen and oxygen atoms in total. The molecule has 102 valence electrons. The Balaban J connectivity index is 1.90. The molecule has 21 heavy (non-hydrogen) atoms. The Morgan fingerprint density at radius 3 is 2.43 bits per heavy atom. The van der Waals surface area contributed by atoms with Crippen molar-refractivity contribution in [1.29, 1.82) is 0 Å². The van der Waals surface area contributed by atoms with Crippen molar-refractivity contribution in [2.75, 3.05) is 0 Å². The normalized spacial score (nSPS) is 20.0. The van der Waals surface area contributed by atoms with Gasteiger partial charge < -0.3 is 4.74 Å². The average Bonchev–Trinajstić information content (AvgIpc) is 2.55. The minimum Gasteiger partial charge on any atom is -0.477 e. The van der Waals surface area contributed by atoms with Crippen LogP contribution in [-0.2, 0) is 5.60 Å². The third kappa shape index (κ3) is 1.93. The highest BCUT2D eigenvalue weighted by Crippen LogP contribution is 2.41. The fraction of sp³-hybridized carbons (Fsp3) is 0.100. The van der Waals surface area contributed by atoms with Crippen molar-refractivity contribution in [3.05, 3.63) is 83.9 Å². The summed E-state index contributed by atoms with van der Waals surface area (Å²) >= 11 is 0. The Morgan fingerprint density at radius 2 is 1.57 bits per heavy atom. The van der Waals surface area contributed by atoms with E-state index < -0.39 is 5.60 Å². The maximum absolute atomic E-state index is 6.43. The molecule has 0 aromatic heterocycles. The topological polar surface area (TPSA) is 9.23 Å². The maximum Gasteiger partial charge on any atom is 0.150 e. The molecule has 0 bridgehead atoms. The van der Waals surface area contributed by atoms with Crippen LogP contribution in [0, 0.1) is 0 Å². The molecular weight excluding hydrogens is 256 g/mol. The van der Waals surface area contributed by atoms with Crippen molar-refractivity contribution in [1.82, 2.24) is 0 Å². The number of benzene rings is 3. The Kier molecular flexibility index (Phi) is 2.61. The lowest BCUT2D eigenvalue weighted by molar-refractivity contribution is 0.140. The summed E-state index contributed by atoms with van der Waals surface area (Å²) < 4.78 is 6.43. The van der Waals surface area contributed by atoms with Crippen LogP contribution in [0.3, 0.4) is 0 Å². The summed E-state index contributed by atoms with van der Waals surface area (Å²) in [5, 5.41) is 2.38. The standard InChI is InChI=1S/C20H16O/c1-20(17-8-3-2-4-9-17)14-13-16-12-11-15-7-5-6-10-18(15)19(16)21-20/h2-14H,1H3. The van der Waals surface area contributed by atoms with Crippen LogP contribution in [0.15, 0.2) is 72.8 Å². The number of hydrogen-bond donors (Lipinski definition) is 0. The third-order valence-corrected chi connectivity index (χ3v) is 4.15. The Hall–Kier alpha value is -2.54. The van der Waals surface area contributed by atoms with Gasteiger partial charge in [0.2, 0.25) is 0 Å². The largest absolute Gasteiger partial charge is 0.477 e. The van der Waals surface area contributed by atoms with Crippen molar-refractivity contribution in [2.24, 2.45) is 0 Å². The molecule has 0 amide bonds. The van der Waals surface area contributed by atoms with Gasteiger partial charge in [-0.3, -0.25) is 0 Å². The van der Waals surface area contributed by atoms with Crippen molar-refractivity contribution >= 4 is 16.8 Å². The lowest BCUT2D eigenvalue weighted by atomic mass is 9.91. The molecule has 0 saturated carbocycles. The molecule has 3 aromatic rings. The van der Waals surface area contributed by atoms with E-state index >= 15 is 0 Å². The number of ether oxygens (including phenoxy) is 1. The minimum atomic E-state index is -0.418. The highest BCUT2D eigenvalue weighted by Gasteiger charge is 2.30. The zero-order valence-corrected chi connectivity index (χ0v) is 11.9. The van der Waals surface area contributed by atoms with Gasteiger partial charge in [-0.2, -0.15) is 0 Å². The van der Waals surface area contributed by atoms with E-state index in [1.54, 1.807) is 0 Å². The number of hydrogen-bond acceptors (Lipinski definition) is 1. The highest BCUT2D eigenvalue weighted by atomic mass is 16.5. The van der Waals surface area contributed by atoms with Gasteiger partial charge in [-0.05, 0) is 23.9 Å². The average molecular weight is 272 g/mol. The zero-order chi connectivity index (χ0) is 14.3. The Bertz CT molecular complexity index is 833. The molecule has 0 saturated heterocycles. The summed E-state index contributed by atoms with van der Waals surface area (Å²) in [7, 11) is 0. The monoisotopic (exact) mass is 272 g/mol. The fourth-order valence-electron chi connectivity index (χ4n) is 2.92. The first-order valence-corrected chi connectivity index (χ1v) is 7.22. The Morgan fingerprint density at radius 1 is 0.810 bits per heavy atom. The summed E-state index contributed by atoms with van der Waals surface area (Å²) in [4.78, 5) is 0. The molecule has 0 fully saturated rings. The molecule has 1 unspecified atom stereocenters. The van der Waals surface area contributed by atoms with Gasteiger partial charge >= 0.3 is 0 Å². The predicted octanol–water partition coefficient (Wildman–Crippen LogP) is 5.16. The summed E-state index contributed by atoms with van der Waals surface area (Å²) in [5.74, 6) is 0.974. The van der Waals surface area contributed by atoms with Crippen LogP contribution >= 0.6 is 0 Å². The number of fused-ring (bicyclic) bond motifs is 3. The second-order valence-corrected chi connectivity index (χ2v) is 5.61. The van der Waals surface area contributed by atoms with Crippen molar-refractivity contribution in [2.45, 2.75) is 12.5 Å². The van der Waals surface area contributed by atoms with E-state index in [-0.39, 0.29) is 0 Å². The van der Waals surface area contributed by atoms with Crippen LogP contribution in [-0.4, -0.2) is 0 Å². The van der Waals surface area contributed by atoms with E-state index in [1.165, 1.54) is 16.3 Å². The van der Waals surface area contributed by atoms with E-state index in [0.717, 1.165) is 11.3 Å². The summed E-state index contributed by atoms with van der Waals surface area (Å²) in [5.41, 5.74) is 1.89. The fourth-order valence-corrected chi connectivity index (χ4v) is 2.92. The van der Waals surface area contributed by atoms with E-state index in [9.17, 15) is 0 Å². The van der Waals surface area contributed by atoms with Gasteiger partial charge in [0.05, 0.1) is 0 Å². The van der Waals surface area contributed by atoms with Crippen LogP contribution < -0.4 is 4.74 Å². The SMILES string of the molecule is CC1(c2ccccc2)C=Cc2ccc3ccccc3c2O1. The molecule has 1 atom stereocenters. The zero-order valence-electron chi connectivity index (χ0n) is 11.9. The molecule has 1 aliphatic rings. The molecule has 1 aliphatic heterocycles. The second-order valence-electron chi connectivity index (χ2n) is 5.61. The first kappa shape index (κ1) is 12.2. The van der Waals surface area contributed by atoms with Crippen molar-refractivity contribution < 1.29 is 4.74 Å². The minimum absolute atomic E-state index is 0.418. The Labute approximate surface area is 124 Å². The quantitative estimate of drug-likeness (QED) is 0.594. The first-order chi connectivity index (χ1) is 10.3. The van der Waals surface area contributed by atoms with Gasteiger partial charge in [-0.1, -0.05) is 72.8 Å². The predicted molar refractivity (Wildman–Crippen MR) is 87.4 cm³/mol. The smallest absolute Gasteiger partial charge is 0.150 e. The lowest BCUT2D eigenvalue weighted by Crippen LogP contribution is -2.29. The van der Waals surface area contributed by atoms with Gasteiger partial charge in [-0.15, -0.1) is 0 Å². The summed E-state index contributed by atoms with van der Waals surface area (Å²) in [6.07, 6.45) is 4.30.